The number of benzene rings is 1. The highest BCUT2D eigenvalue weighted by Gasteiger charge is 2.31. The van der Waals surface area contributed by atoms with E-state index in [2.05, 4.69) is 52.1 Å². The Morgan fingerprint density at radius 3 is 2.39 bits per heavy atom. The van der Waals surface area contributed by atoms with Crippen molar-refractivity contribution < 1.29 is 19.4 Å². The van der Waals surface area contributed by atoms with Crippen molar-refractivity contribution in [3.8, 4) is 5.75 Å². The molecule has 6 heteroatoms. The first-order valence-electron chi connectivity index (χ1n) is 13.5. The zero-order valence-electron chi connectivity index (χ0n) is 22.7. The number of aryl methyl sites for hydroxylation is 4. The minimum Gasteiger partial charge on any atom is -0.493 e. The number of rotatable bonds is 13. The molecule has 0 aliphatic heterocycles. The van der Waals surface area contributed by atoms with Gasteiger partial charge in [0.25, 0.3) is 0 Å². The van der Waals surface area contributed by atoms with Gasteiger partial charge in [0.15, 0.2) is 5.78 Å². The van der Waals surface area contributed by atoms with E-state index in [0.717, 1.165) is 55.6 Å². The molecule has 36 heavy (non-hydrogen) atoms. The Balaban J connectivity index is 1.68. The SMILES string of the molecule is CCc1cc(CCC(=O)c2sc(CC)c3c2CCC(C)(C)C3)cc(CC)c1OCCCNC(=O)CO. The molecule has 1 aliphatic rings. The number of carbonyl (C=O) groups is 2. The lowest BCUT2D eigenvalue weighted by atomic mass is 9.74. The van der Waals surface area contributed by atoms with Crippen LogP contribution >= 0.6 is 11.3 Å². The fourth-order valence-electron chi connectivity index (χ4n) is 5.15. The minimum absolute atomic E-state index is 0.289. The summed E-state index contributed by atoms with van der Waals surface area (Å²) in [6.07, 6.45) is 7.94. The summed E-state index contributed by atoms with van der Waals surface area (Å²) >= 11 is 1.74. The molecule has 0 fully saturated rings. The lowest BCUT2D eigenvalue weighted by Crippen LogP contribution is -2.28. The topological polar surface area (TPSA) is 75.6 Å². The number of hydrogen-bond acceptors (Lipinski definition) is 5. The van der Waals surface area contributed by atoms with Crippen molar-refractivity contribution in [1.82, 2.24) is 5.32 Å². The molecular weight excluding hydrogens is 470 g/mol. The summed E-state index contributed by atoms with van der Waals surface area (Å²) in [7, 11) is 0. The average Bonchev–Trinajstić information content (AvgIpc) is 3.23. The third kappa shape index (κ3) is 6.98. The monoisotopic (exact) mass is 513 g/mol. The van der Waals surface area contributed by atoms with Crippen LogP contribution in [0.15, 0.2) is 12.1 Å². The fraction of sp³-hybridized carbons (Fsp3) is 0.600. The van der Waals surface area contributed by atoms with E-state index in [4.69, 9.17) is 9.84 Å². The van der Waals surface area contributed by atoms with Gasteiger partial charge in [-0.3, -0.25) is 9.59 Å². The van der Waals surface area contributed by atoms with Crippen molar-refractivity contribution in [1.29, 1.82) is 0 Å². The van der Waals surface area contributed by atoms with Crippen LogP contribution < -0.4 is 10.1 Å². The lowest BCUT2D eigenvalue weighted by Gasteiger charge is -2.30. The maximum absolute atomic E-state index is 13.4. The second kappa shape index (κ2) is 12.9. The first-order valence-corrected chi connectivity index (χ1v) is 14.4. The Morgan fingerprint density at radius 1 is 1.08 bits per heavy atom. The zero-order valence-corrected chi connectivity index (χ0v) is 23.5. The van der Waals surface area contributed by atoms with Crippen molar-refractivity contribution in [2.75, 3.05) is 19.8 Å². The normalized spacial score (nSPS) is 14.4. The summed E-state index contributed by atoms with van der Waals surface area (Å²) < 4.78 is 6.13. The van der Waals surface area contributed by atoms with Gasteiger partial charge in [-0.25, -0.2) is 0 Å². The number of ether oxygens (including phenoxy) is 1. The molecule has 1 heterocycles. The van der Waals surface area contributed by atoms with Crippen LogP contribution in [0.1, 0.15) is 96.2 Å². The van der Waals surface area contributed by atoms with E-state index in [1.165, 1.54) is 32.7 Å². The van der Waals surface area contributed by atoms with Gasteiger partial charge in [0.05, 0.1) is 11.5 Å². The van der Waals surface area contributed by atoms with Gasteiger partial charge < -0.3 is 15.2 Å². The molecule has 0 radical (unpaired) electrons. The molecule has 1 aliphatic carbocycles. The fourth-order valence-corrected chi connectivity index (χ4v) is 6.42. The van der Waals surface area contributed by atoms with Gasteiger partial charge in [-0.1, -0.05) is 46.8 Å². The second-order valence-electron chi connectivity index (χ2n) is 10.6. The van der Waals surface area contributed by atoms with Crippen LogP contribution in [0.5, 0.6) is 5.75 Å². The van der Waals surface area contributed by atoms with Crippen molar-refractivity contribution in [2.24, 2.45) is 5.41 Å². The van der Waals surface area contributed by atoms with E-state index >= 15 is 0 Å². The van der Waals surface area contributed by atoms with Crippen molar-refractivity contribution in [3.63, 3.8) is 0 Å². The summed E-state index contributed by atoms with van der Waals surface area (Å²) in [6, 6.07) is 4.39. The Hall–Kier alpha value is -2.18. The molecule has 1 aromatic carbocycles. The average molecular weight is 514 g/mol. The second-order valence-corrected chi connectivity index (χ2v) is 11.7. The molecule has 2 N–H and O–H groups in total. The maximum atomic E-state index is 13.4. The maximum Gasteiger partial charge on any atom is 0.245 e. The van der Waals surface area contributed by atoms with E-state index in [1.54, 1.807) is 11.3 Å². The molecule has 3 rings (SSSR count). The van der Waals surface area contributed by atoms with Gasteiger partial charge in [0.1, 0.15) is 12.4 Å². The van der Waals surface area contributed by atoms with Gasteiger partial charge >= 0.3 is 0 Å². The minimum atomic E-state index is -0.488. The van der Waals surface area contributed by atoms with Gasteiger partial charge in [-0.05, 0) is 84.6 Å². The zero-order chi connectivity index (χ0) is 26.3. The van der Waals surface area contributed by atoms with Crippen LogP contribution in [-0.4, -0.2) is 36.6 Å². The summed E-state index contributed by atoms with van der Waals surface area (Å²) in [5, 5.41) is 11.4. The third-order valence-electron chi connectivity index (χ3n) is 7.22. The smallest absolute Gasteiger partial charge is 0.245 e. The van der Waals surface area contributed by atoms with Crippen LogP contribution in [0, 0.1) is 5.41 Å². The standard InChI is InChI=1S/C30H43NO4S/c1-6-21-16-20(17-22(7-2)28(21)35-15-9-14-31-27(34)19-32)10-11-25(33)29-23-12-13-30(4,5)18-24(23)26(8-3)36-29/h16-17,32H,6-15,18-19H2,1-5H3,(H,31,34). The number of Topliss-reactive ketones (excluding diaryl/α,β-unsaturated/α-hetero) is 1. The number of fused-ring (bicyclic) bond motifs is 1. The van der Waals surface area contributed by atoms with E-state index in [-0.39, 0.29) is 11.7 Å². The van der Waals surface area contributed by atoms with Crippen molar-refractivity contribution in [3.05, 3.63) is 49.7 Å². The summed E-state index contributed by atoms with van der Waals surface area (Å²) in [5.41, 5.74) is 6.65. The van der Waals surface area contributed by atoms with Crippen LogP contribution in [0.3, 0.4) is 0 Å². The number of aliphatic hydroxyl groups is 1. The highest BCUT2D eigenvalue weighted by molar-refractivity contribution is 7.14. The molecule has 1 amide bonds. The van der Waals surface area contributed by atoms with Crippen LogP contribution in [0.4, 0.5) is 0 Å². The number of thiophene rings is 1. The van der Waals surface area contributed by atoms with Gasteiger partial charge in [-0.15, -0.1) is 11.3 Å². The predicted molar refractivity (Wildman–Crippen MR) is 148 cm³/mol. The number of aliphatic hydroxyl groups excluding tert-OH is 1. The Labute approximate surface area is 220 Å². The molecular formula is C30H43NO4S. The Morgan fingerprint density at radius 2 is 1.78 bits per heavy atom. The van der Waals surface area contributed by atoms with Crippen molar-refractivity contribution >= 4 is 23.0 Å². The van der Waals surface area contributed by atoms with Gasteiger partial charge in [0.2, 0.25) is 5.91 Å². The molecule has 0 saturated carbocycles. The molecule has 1 aromatic heterocycles. The summed E-state index contributed by atoms with van der Waals surface area (Å²) in [6.45, 7) is 11.6. The van der Waals surface area contributed by atoms with Gasteiger partial charge in [0, 0.05) is 17.8 Å². The molecule has 0 atom stereocenters. The van der Waals surface area contributed by atoms with Gasteiger partial charge in [-0.2, -0.15) is 0 Å². The molecule has 5 nitrogen and oxygen atoms in total. The molecule has 0 bridgehead atoms. The first-order chi connectivity index (χ1) is 17.2. The number of carbonyl (C=O) groups excluding carboxylic acids is 2. The molecule has 0 unspecified atom stereocenters. The Bertz CT molecular complexity index is 1040. The van der Waals surface area contributed by atoms with E-state index < -0.39 is 6.61 Å². The highest BCUT2D eigenvalue weighted by Crippen LogP contribution is 2.42. The number of hydrogen-bond donors (Lipinski definition) is 2. The first kappa shape index (κ1) is 28.4. The van der Waals surface area contributed by atoms with Crippen molar-refractivity contribution in [2.45, 2.75) is 92.4 Å². The molecule has 0 spiro atoms. The van der Waals surface area contributed by atoms with E-state index in [9.17, 15) is 9.59 Å². The molecule has 0 saturated heterocycles. The highest BCUT2D eigenvalue weighted by atomic mass is 32.1. The summed E-state index contributed by atoms with van der Waals surface area (Å²) in [4.78, 5) is 27.0. The van der Waals surface area contributed by atoms with E-state index in [0.29, 0.717) is 31.4 Å². The van der Waals surface area contributed by atoms with Crippen LogP contribution in [-0.2, 0) is 43.3 Å². The third-order valence-corrected chi connectivity index (χ3v) is 8.68. The van der Waals surface area contributed by atoms with E-state index in [1.807, 2.05) is 0 Å². The largest absolute Gasteiger partial charge is 0.493 e. The quantitative estimate of drug-likeness (QED) is 0.268. The number of ketones is 1. The molecule has 2 aromatic rings. The Kier molecular flexibility index (Phi) is 10.1. The number of nitrogens with one attached hydrogen (secondary N) is 1. The molecule has 198 valence electrons. The predicted octanol–water partition coefficient (Wildman–Crippen LogP) is 5.64. The number of amides is 1. The summed E-state index contributed by atoms with van der Waals surface area (Å²) in [5.74, 6) is 0.860. The van der Waals surface area contributed by atoms with Crippen LogP contribution in [0.2, 0.25) is 0 Å². The van der Waals surface area contributed by atoms with Crippen LogP contribution in [0.25, 0.3) is 0 Å². The lowest BCUT2D eigenvalue weighted by molar-refractivity contribution is -0.123.